The summed E-state index contributed by atoms with van der Waals surface area (Å²) in [5, 5.41) is 11.5. The summed E-state index contributed by atoms with van der Waals surface area (Å²) in [6.45, 7) is 11.2. The Kier molecular flexibility index (Phi) is 11.0. The van der Waals surface area contributed by atoms with Gasteiger partial charge in [-0.25, -0.2) is 15.1 Å². The molecule has 1 aromatic heterocycles. The Hall–Kier alpha value is -2.22. The van der Waals surface area contributed by atoms with E-state index in [-0.39, 0.29) is 22.9 Å². The topological polar surface area (TPSA) is 108 Å². The van der Waals surface area contributed by atoms with Gasteiger partial charge in [-0.1, -0.05) is 36.2 Å². The Balaban J connectivity index is 0.000000357. The summed E-state index contributed by atoms with van der Waals surface area (Å²) < 4.78 is 7.90. The molecule has 0 unspecified atom stereocenters. The van der Waals surface area contributed by atoms with Gasteiger partial charge in [0.05, 0.1) is 16.4 Å². The van der Waals surface area contributed by atoms with E-state index in [1.165, 1.54) is 32.4 Å². The zero-order valence-electron chi connectivity index (χ0n) is 19.6. The monoisotopic (exact) mass is 491 g/mol. The summed E-state index contributed by atoms with van der Waals surface area (Å²) in [5.41, 5.74) is 7.06. The normalized spacial score (nSPS) is 17.9. The van der Waals surface area contributed by atoms with Crippen molar-refractivity contribution in [3.63, 3.8) is 0 Å². The number of nitrogens with zero attached hydrogens (tertiary/aromatic N) is 5. The molecule has 3 rings (SSSR count). The fourth-order valence-corrected chi connectivity index (χ4v) is 3.76. The molecule has 1 aromatic rings. The fourth-order valence-electron chi connectivity index (χ4n) is 3.12. The number of nitriles is 1. The number of likely N-dealkylation sites (N-methyl/N-ethyl adjacent to an activating group) is 1. The van der Waals surface area contributed by atoms with Crippen LogP contribution in [0.15, 0.2) is 53.7 Å². The van der Waals surface area contributed by atoms with Gasteiger partial charge in [-0.15, -0.1) is 0 Å². The number of piperazine rings is 1. The van der Waals surface area contributed by atoms with Gasteiger partial charge < -0.3 is 20.4 Å². The molecule has 180 valence electrons. The first-order chi connectivity index (χ1) is 15.8. The Morgan fingerprint density at radius 2 is 2.06 bits per heavy atom. The van der Waals surface area contributed by atoms with Crippen molar-refractivity contribution >= 4 is 23.5 Å². The molecule has 0 atom stereocenters. The predicted octanol–water partition coefficient (Wildman–Crippen LogP) is 3.37. The molecule has 0 bridgehead atoms. The van der Waals surface area contributed by atoms with Crippen molar-refractivity contribution in [1.82, 2.24) is 19.2 Å². The standard InChI is InChI=1S/C17H20ClN5O.C6H14N2S/c1-3-15(23(21)10-12-4-5-12)17(20)14(8-19)11(2)24-16-7-6-13(18)9-22-16;1-7-3-5-8(9-2)6-4-7/h3,6-7,9,12H,2,4-5,10,20-21H2,1H3;3-6H2,1-2H3/b15-3+,17-14+;. The number of hydrogen-bond donors (Lipinski definition) is 2. The minimum Gasteiger partial charge on any atom is -0.438 e. The molecule has 0 aromatic carbocycles. The van der Waals surface area contributed by atoms with Gasteiger partial charge in [0, 0.05) is 45.0 Å². The second kappa shape index (κ2) is 13.5. The number of pyridine rings is 1. The second-order valence-electron chi connectivity index (χ2n) is 7.92. The van der Waals surface area contributed by atoms with Crippen LogP contribution in [0.5, 0.6) is 5.88 Å². The molecule has 2 aliphatic rings. The van der Waals surface area contributed by atoms with Crippen molar-refractivity contribution in [2.24, 2.45) is 17.5 Å². The van der Waals surface area contributed by atoms with Gasteiger partial charge in [0.15, 0.2) is 0 Å². The van der Waals surface area contributed by atoms with Crippen molar-refractivity contribution in [1.29, 1.82) is 5.26 Å². The van der Waals surface area contributed by atoms with Crippen LogP contribution in [0.3, 0.4) is 0 Å². The minimum atomic E-state index is 0.101. The third kappa shape index (κ3) is 8.91. The molecule has 2 heterocycles. The van der Waals surface area contributed by atoms with Gasteiger partial charge in [0.1, 0.15) is 17.4 Å². The lowest BCUT2D eigenvalue weighted by Crippen LogP contribution is -2.40. The average Bonchev–Trinajstić information content (AvgIpc) is 3.61. The second-order valence-corrected chi connectivity index (χ2v) is 9.24. The zero-order valence-corrected chi connectivity index (χ0v) is 21.2. The maximum absolute atomic E-state index is 9.45. The van der Waals surface area contributed by atoms with Crippen LogP contribution in [0.25, 0.3) is 0 Å². The molecule has 2 fully saturated rings. The van der Waals surface area contributed by atoms with Crippen molar-refractivity contribution < 1.29 is 4.74 Å². The molecule has 1 saturated carbocycles. The maximum Gasteiger partial charge on any atom is 0.219 e. The fraction of sp³-hybridized carbons (Fsp3) is 0.478. The van der Waals surface area contributed by atoms with E-state index in [0.717, 1.165) is 12.8 Å². The molecule has 10 heteroatoms. The summed E-state index contributed by atoms with van der Waals surface area (Å²) in [5.74, 6) is 7.03. The van der Waals surface area contributed by atoms with Crippen LogP contribution in [0.1, 0.15) is 19.8 Å². The molecule has 1 saturated heterocycles. The summed E-state index contributed by atoms with van der Waals surface area (Å²) in [4.78, 5) is 6.37. The highest BCUT2D eigenvalue weighted by Crippen LogP contribution is 2.30. The van der Waals surface area contributed by atoms with Crippen LogP contribution in [0.4, 0.5) is 0 Å². The molecule has 0 radical (unpaired) electrons. The highest BCUT2D eigenvalue weighted by atomic mass is 35.5. The Morgan fingerprint density at radius 3 is 2.55 bits per heavy atom. The molecule has 0 spiro atoms. The van der Waals surface area contributed by atoms with Gasteiger partial charge >= 0.3 is 0 Å². The van der Waals surface area contributed by atoms with E-state index < -0.39 is 0 Å². The first-order valence-corrected chi connectivity index (χ1v) is 12.4. The number of rotatable bonds is 8. The number of nitrogens with two attached hydrogens (primary N) is 2. The van der Waals surface area contributed by atoms with E-state index in [9.17, 15) is 5.26 Å². The SMILES string of the molecule is C=C(Oc1ccc(Cl)cn1)/C(C#N)=C(N)\C(=C/C)N(N)CC1CC1.CSN1CCN(C)CC1. The van der Waals surface area contributed by atoms with Crippen molar-refractivity contribution in [3.8, 4) is 11.9 Å². The Labute approximate surface area is 206 Å². The van der Waals surface area contributed by atoms with Crippen LogP contribution in [0.2, 0.25) is 5.02 Å². The van der Waals surface area contributed by atoms with E-state index in [2.05, 4.69) is 34.1 Å². The molecular formula is C23H34ClN7OS. The van der Waals surface area contributed by atoms with Crippen LogP contribution < -0.4 is 16.3 Å². The largest absolute Gasteiger partial charge is 0.438 e. The quantitative estimate of drug-likeness (QED) is 0.141. The average molecular weight is 492 g/mol. The molecule has 4 N–H and O–H groups in total. The lowest BCUT2D eigenvalue weighted by atomic mass is 10.1. The van der Waals surface area contributed by atoms with Gasteiger partial charge in [0.2, 0.25) is 5.88 Å². The number of hydrazine groups is 1. The van der Waals surface area contributed by atoms with Crippen molar-refractivity contribution in [2.75, 3.05) is 46.0 Å². The third-order valence-electron chi connectivity index (χ3n) is 5.32. The van der Waals surface area contributed by atoms with Crippen LogP contribution in [-0.4, -0.2) is 65.2 Å². The Bertz CT molecular complexity index is 885. The lowest BCUT2D eigenvalue weighted by molar-refractivity contribution is 0.234. The highest BCUT2D eigenvalue weighted by molar-refractivity contribution is 7.96. The number of halogens is 1. The maximum atomic E-state index is 9.45. The summed E-state index contributed by atoms with van der Waals surface area (Å²) >= 11 is 7.64. The predicted molar refractivity (Wildman–Crippen MR) is 136 cm³/mol. The van der Waals surface area contributed by atoms with Crippen LogP contribution in [0, 0.1) is 17.2 Å². The molecular weight excluding hydrogens is 458 g/mol. The third-order valence-corrected chi connectivity index (χ3v) is 6.42. The van der Waals surface area contributed by atoms with E-state index in [1.54, 1.807) is 23.2 Å². The van der Waals surface area contributed by atoms with Gasteiger partial charge in [-0.3, -0.25) is 0 Å². The van der Waals surface area contributed by atoms with Crippen molar-refractivity contribution in [3.05, 3.63) is 58.7 Å². The van der Waals surface area contributed by atoms with E-state index in [4.69, 9.17) is 27.9 Å². The van der Waals surface area contributed by atoms with E-state index in [1.807, 2.05) is 24.9 Å². The van der Waals surface area contributed by atoms with Crippen LogP contribution >= 0.6 is 23.5 Å². The summed E-state index contributed by atoms with van der Waals surface area (Å²) in [6, 6.07) is 5.24. The van der Waals surface area contributed by atoms with E-state index in [0.29, 0.717) is 23.2 Å². The number of hydrogen-bond acceptors (Lipinski definition) is 9. The van der Waals surface area contributed by atoms with Gasteiger partial charge in [-0.2, -0.15) is 5.26 Å². The number of allylic oxidation sites excluding steroid dienone is 2. The van der Waals surface area contributed by atoms with E-state index >= 15 is 0 Å². The molecule has 0 amide bonds. The minimum absolute atomic E-state index is 0.101. The number of aromatic nitrogens is 1. The summed E-state index contributed by atoms with van der Waals surface area (Å²) in [6.07, 6.45) is 7.68. The smallest absolute Gasteiger partial charge is 0.219 e. The van der Waals surface area contributed by atoms with Crippen LogP contribution in [-0.2, 0) is 0 Å². The summed E-state index contributed by atoms with van der Waals surface area (Å²) in [7, 11) is 2.18. The molecule has 1 aliphatic carbocycles. The van der Waals surface area contributed by atoms with Gasteiger partial charge in [-0.05, 0) is 45.1 Å². The highest BCUT2D eigenvalue weighted by Gasteiger charge is 2.25. The van der Waals surface area contributed by atoms with Crippen molar-refractivity contribution in [2.45, 2.75) is 19.8 Å². The molecule has 8 nitrogen and oxygen atoms in total. The van der Waals surface area contributed by atoms with Gasteiger partial charge in [0.25, 0.3) is 0 Å². The molecule has 1 aliphatic heterocycles. The Morgan fingerprint density at radius 1 is 1.39 bits per heavy atom. The lowest BCUT2D eigenvalue weighted by Gasteiger charge is -2.30. The number of ether oxygens (including phenoxy) is 1. The first-order valence-electron chi connectivity index (χ1n) is 10.8. The molecule has 33 heavy (non-hydrogen) atoms. The zero-order chi connectivity index (χ0) is 24.4. The first kappa shape index (κ1) is 27.0.